The molecule has 2 N–H and O–H groups in total. The Balaban J connectivity index is 2.15. The van der Waals surface area contributed by atoms with Gasteiger partial charge in [0.2, 0.25) is 0 Å². The lowest BCUT2D eigenvalue weighted by atomic mass is 9.98. The number of hydrogen-bond acceptors (Lipinski definition) is 2. The number of rotatable bonds is 2. The predicted octanol–water partition coefficient (Wildman–Crippen LogP) is 3.37. The van der Waals surface area contributed by atoms with Crippen molar-refractivity contribution in [2.24, 2.45) is 5.92 Å². The van der Waals surface area contributed by atoms with Crippen LogP contribution in [0.5, 0.6) is 0 Å². The summed E-state index contributed by atoms with van der Waals surface area (Å²) in [5.41, 5.74) is 6.86. The van der Waals surface area contributed by atoms with Crippen molar-refractivity contribution < 1.29 is 9.18 Å². The topological polar surface area (TPSA) is 46.3 Å². The number of anilines is 1. The van der Waals surface area contributed by atoms with Gasteiger partial charge in [-0.2, -0.15) is 0 Å². The maximum Gasteiger partial charge on any atom is 0.254 e. The van der Waals surface area contributed by atoms with Gasteiger partial charge in [0.15, 0.2) is 0 Å². The van der Waals surface area contributed by atoms with E-state index in [9.17, 15) is 9.18 Å². The van der Waals surface area contributed by atoms with Gasteiger partial charge >= 0.3 is 0 Å². The molecule has 1 fully saturated rings. The van der Waals surface area contributed by atoms with Crippen LogP contribution in [0.4, 0.5) is 10.1 Å². The van der Waals surface area contributed by atoms with Gasteiger partial charge in [0.05, 0.1) is 0 Å². The number of benzene rings is 1. The van der Waals surface area contributed by atoms with Gasteiger partial charge in [-0.1, -0.05) is 13.3 Å². The van der Waals surface area contributed by atoms with Crippen molar-refractivity contribution in [3.8, 4) is 0 Å². The van der Waals surface area contributed by atoms with Gasteiger partial charge in [-0.15, -0.1) is 0 Å². The Morgan fingerprint density at radius 1 is 1.40 bits per heavy atom. The highest BCUT2D eigenvalue weighted by Crippen LogP contribution is 2.23. The lowest BCUT2D eigenvalue weighted by Gasteiger charge is -2.21. The molecule has 0 saturated carbocycles. The van der Waals surface area contributed by atoms with Crippen LogP contribution in [-0.2, 0) is 0 Å². The largest absolute Gasteiger partial charge is 0.398 e. The Morgan fingerprint density at radius 3 is 2.80 bits per heavy atom. The molecule has 2 rings (SSSR count). The summed E-state index contributed by atoms with van der Waals surface area (Å²) in [5.74, 6) is 0.189. The van der Waals surface area contributed by atoms with Crippen molar-refractivity contribution in [1.82, 2.24) is 4.90 Å². The summed E-state index contributed by atoms with van der Waals surface area (Å²) in [5, 5.41) is 0. The molecule has 1 amide bonds. The highest BCUT2D eigenvalue weighted by Gasteiger charge is 2.21. The van der Waals surface area contributed by atoms with E-state index in [2.05, 4.69) is 6.92 Å². The molecule has 1 saturated heterocycles. The number of halogens is 1. The van der Waals surface area contributed by atoms with Crippen LogP contribution in [0, 0.1) is 18.7 Å². The Morgan fingerprint density at radius 2 is 2.15 bits per heavy atom. The average molecular weight is 278 g/mol. The molecule has 110 valence electrons. The molecule has 1 unspecified atom stereocenters. The summed E-state index contributed by atoms with van der Waals surface area (Å²) in [4.78, 5) is 14.3. The second-order valence-corrected chi connectivity index (χ2v) is 5.67. The summed E-state index contributed by atoms with van der Waals surface area (Å²) in [6.07, 6.45) is 4.39. The molecule has 20 heavy (non-hydrogen) atoms. The molecule has 1 heterocycles. The number of amides is 1. The van der Waals surface area contributed by atoms with Crippen LogP contribution in [0.25, 0.3) is 0 Å². The van der Waals surface area contributed by atoms with E-state index in [-0.39, 0.29) is 5.91 Å². The second-order valence-electron chi connectivity index (χ2n) is 5.67. The summed E-state index contributed by atoms with van der Waals surface area (Å²) >= 11 is 0. The third-order valence-corrected chi connectivity index (χ3v) is 4.34. The minimum atomic E-state index is -0.408. The van der Waals surface area contributed by atoms with Gasteiger partial charge in [-0.05, 0) is 44.2 Å². The summed E-state index contributed by atoms with van der Waals surface area (Å²) < 4.78 is 13.7. The predicted molar refractivity (Wildman–Crippen MR) is 79.1 cm³/mol. The van der Waals surface area contributed by atoms with Crippen molar-refractivity contribution in [3.05, 3.63) is 29.1 Å². The lowest BCUT2D eigenvalue weighted by Crippen LogP contribution is -2.32. The fourth-order valence-electron chi connectivity index (χ4n) is 2.78. The number of nitrogens with two attached hydrogens (primary N) is 1. The smallest absolute Gasteiger partial charge is 0.254 e. The van der Waals surface area contributed by atoms with Crippen LogP contribution in [-0.4, -0.2) is 23.9 Å². The first kappa shape index (κ1) is 14.8. The van der Waals surface area contributed by atoms with Crippen LogP contribution in [0.2, 0.25) is 0 Å². The molecule has 0 aliphatic carbocycles. The number of hydrogen-bond donors (Lipinski definition) is 1. The molecule has 0 aromatic heterocycles. The maximum atomic E-state index is 13.7. The maximum absolute atomic E-state index is 13.7. The molecular weight excluding hydrogens is 255 g/mol. The third kappa shape index (κ3) is 3.11. The number of carbonyl (C=O) groups is 1. The lowest BCUT2D eigenvalue weighted by molar-refractivity contribution is 0.0759. The number of likely N-dealkylation sites (tertiary alicyclic amines) is 1. The van der Waals surface area contributed by atoms with E-state index in [1.807, 2.05) is 4.90 Å². The van der Waals surface area contributed by atoms with Gasteiger partial charge in [-0.3, -0.25) is 4.79 Å². The van der Waals surface area contributed by atoms with Crippen molar-refractivity contribution in [2.75, 3.05) is 18.8 Å². The number of nitrogen functional groups attached to an aromatic ring is 1. The van der Waals surface area contributed by atoms with E-state index in [0.29, 0.717) is 22.7 Å². The zero-order valence-corrected chi connectivity index (χ0v) is 12.3. The van der Waals surface area contributed by atoms with Crippen molar-refractivity contribution >= 4 is 11.6 Å². The Hall–Kier alpha value is -1.58. The monoisotopic (exact) mass is 278 g/mol. The number of nitrogens with zero attached hydrogens (tertiary/aromatic N) is 1. The van der Waals surface area contributed by atoms with Gasteiger partial charge < -0.3 is 10.6 Å². The molecule has 1 aromatic carbocycles. The second kappa shape index (κ2) is 6.25. The average Bonchev–Trinajstić information content (AvgIpc) is 2.68. The van der Waals surface area contributed by atoms with E-state index in [4.69, 9.17) is 5.73 Å². The molecule has 1 aromatic rings. The van der Waals surface area contributed by atoms with Crippen LogP contribution in [0.3, 0.4) is 0 Å². The molecule has 0 radical (unpaired) electrons. The molecule has 3 nitrogen and oxygen atoms in total. The molecule has 4 heteroatoms. The molecule has 0 bridgehead atoms. The van der Waals surface area contributed by atoms with E-state index in [1.54, 1.807) is 13.0 Å². The van der Waals surface area contributed by atoms with E-state index in [0.717, 1.165) is 32.4 Å². The Bertz CT molecular complexity index is 478. The fraction of sp³-hybridized carbons (Fsp3) is 0.562. The van der Waals surface area contributed by atoms with E-state index < -0.39 is 5.82 Å². The number of carbonyl (C=O) groups excluding carboxylic acids is 1. The zero-order chi connectivity index (χ0) is 14.7. The van der Waals surface area contributed by atoms with Gasteiger partial charge in [0.1, 0.15) is 5.82 Å². The highest BCUT2D eigenvalue weighted by atomic mass is 19.1. The van der Waals surface area contributed by atoms with Crippen LogP contribution in [0.15, 0.2) is 12.1 Å². The zero-order valence-electron chi connectivity index (χ0n) is 12.3. The quantitative estimate of drug-likeness (QED) is 0.843. The highest BCUT2D eigenvalue weighted by molar-refractivity contribution is 5.95. The van der Waals surface area contributed by atoms with Crippen LogP contribution >= 0.6 is 0 Å². The third-order valence-electron chi connectivity index (χ3n) is 4.34. The molecular formula is C16H23FN2O. The van der Waals surface area contributed by atoms with Crippen molar-refractivity contribution in [1.29, 1.82) is 0 Å². The van der Waals surface area contributed by atoms with Gasteiger partial charge in [0, 0.05) is 29.9 Å². The SMILES string of the molecule is CCC1CCCN(C(=O)c2cc(N)c(C)c(F)c2)CC1. The Kier molecular flexibility index (Phi) is 4.63. The summed E-state index contributed by atoms with van der Waals surface area (Å²) in [6.45, 7) is 5.33. The van der Waals surface area contributed by atoms with E-state index in [1.165, 1.54) is 12.5 Å². The van der Waals surface area contributed by atoms with Crippen molar-refractivity contribution in [2.45, 2.75) is 39.5 Å². The summed E-state index contributed by atoms with van der Waals surface area (Å²) in [7, 11) is 0. The normalized spacial score (nSPS) is 19.8. The first-order chi connectivity index (χ1) is 9.52. The van der Waals surface area contributed by atoms with Crippen LogP contribution in [0.1, 0.15) is 48.5 Å². The molecule has 1 aliphatic heterocycles. The van der Waals surface area contributed by atoms with Crippen molar-refractivity contribution in [3.63, 3.8) is 0 Å². The van der Waals surface area contributed by atoms with Crippen LogP contribution < -0.4 is 5.73 Å². The minimum Gasteiger partial charge on any atom is -0.398 e. The fourth-order valence-corrected chi connectivity index (χ4v) is 2.78. The van der Waals surface area contributed by atoms with Gasteiger partial charge in [-0.25, -0.2) is 4.39 Å². The molecule has 0 spiro atoms. The summed E-state index contributed by atoms with van der Waals surface area (Å²) in [6, 6.07) is 2.89. The first-order valence-electron chi connectivity index (χ1n) is 7.37. The standard InChI is InChI=1S/C16H23FN2O/c1-3-12-5-4-7-19(8-6-12)16(20)13-9-14(17)11(2)15(18)10-13/h9-10,12H,3-8,18H2,1-2H3. The van der Waals surface area contributed by atoms with Gasteiger partial charge in [0.25, 0.3) is 5.91 Å². The molecule has 1 atom stereocenters. The minimum absolute atomic E-state index is 0.104. The Labute approximate surface area is 120 Å². The van der Waals surface area contributed by atoms with E-state index >= 15 is 0 Å². The first-order valence-corrected chi connectivity index (χ1v) is 7.37. The molecule has 1 aliphatic rings.